The van der Waals surface area contributed by atoms with E-state index < -0.39 is 11.9 Å². The second-order valence-electron chi connectivity index (χ2n) is 10.9. The van der Waals surface area contributed by atoms with E-state index in [4.69, 9.17) is 9.72 Å². The van der Waals surface area contributed by atoms with Crippen molar-refractivity contribution in [1.82, 2.24) is 14.5 Å². The number of hydrogen-bond donors (Lipinski definition) is 1. The molecule has 2 aromatic carbocycles. The Morgan fingerprint density at radius 2 is 1.82 bits per heavy atom. The molecule has 5 aromatic rings. The number of para-hydroxylation sites is 1. The number of aliphatic carboxylic acids is 1. The Balaban J connectivity index is 1.55. The van der Waals surface area contributed by atoms with Gasteiger partial charge in [0, 0.05) is 57.0 Å². The standard InChI is InChI=1S/C32H33N3O3S/c1-20-10-12-23(33-18-20)19-38-24-14-15-28-25(17-24)30(39-32(2,3)4)29(35(28)5)26(31(36)37)16-22-13-11-21-8-6-7-9-27(21)34-22/h6-15,17-18,26H,16,19H2,1-5H3,(H,36,37). The van der Waals surface area contributed by atoms with Gasteiger partial charge in [-0.3, -0.25) is 14.8 Å². The van der Waals surface area contributed by atoms with Gasteiger partial charge in [0.15, 0.2) is 0 Å². The molecule has 0 spiro atoms. The van der Waals surface area contributed by atoms with Gasteiger partial charge >= 0.3 is 5.97 Å². The highest BCUT2D eigenvalue weighted by atomic mass is 32.2. The fourth-order valence-corrected chi connectivity index (χ4v) is 6.05. The molecule has 0 fully saturated rings. The zero-order chi connectivity index (χ0) is 27.7. The number of hydrogen-bond acceptors (Lipinski definition) is 5. The fraction of sp³-hybridized carbons (Fsp3) is 0.281. The van der Waals surface area contributed by atoms with E-state index in [1.807, 2.05) is 91.5 Å². The molecular weight excluding hydrogens is 506 g/mol. The van der Waals surface area contributed by atoms with Crippen LogP contribution in [0.1, 0.15) is 49.3 Å². The molecule has 5 rings (SSSR count). The minimum absolute atomic E-state index is 0.129. The number of thioether (sulfide) groups is 1. The van der Waals surface area contributed by atoms with Gasteiger partial charge in [0.05, 0.1) is 11.2 Å². The van der Waals surface area contributed by atoms with Crippen molar-refractivity contribution in [3.8, 4) is 5.75 Å². The first-order valence-electron chi connectivity index (χ1n) is 13.0. The molecule has 0 aliphatic rings. The van der Waals surface area contributed by atoms with Crippen LogP contribution in [0.5, 0.6) is 5.75 Å². The number of benzene rings is 2. The van der Waals surface area contributed by atoms with Crippen molar-refractivity contribution in [2.24, 2.45) is 7.05 Å². The molecule has 39 heavy (non-hydrogen) atoms. The van der Waals surface area contributed by atoms with Crippen LogP contribution in [0.15, 0.2) is 77.8 Å². The van der Waals surface area contributed by atoms with E-state index in [0.29, 0.717) is 13.0 Å². The molecule has 0 saturated heterocycles. The van der Waals surface area contributed by atoms with Gasteiger partial charge < -0.3 is 14.4 Å². The molecule has 1 unspecified atom stereocenters. The van der Waals surface area contributed by atoms with Gasteiger partial charge in [-0.15, -0.1) is 11.8 Å². The zero-order valence-corrected chi connectivity index (χ0v) is 23.7. The molecule has 3 aromatic heterocycles. The average molecular weight is 540 g/mol. The van der Waals surface area contributed by atoms with Gasteiger partial charge in [0.1, 0.15) is 18.3 Å². The summed E-state index contributed by atoms with van der Waals surface area (Å²) < 4.78 is 8.00. The van der Waals surface area contributed by atoms with Crippen LogP contribution < -0.4 is 4.74 Å². The van der Waals surface area contributed by atoms with Crippen molar-refractivity contribution in [3.05, 3.63) is 95.6 Å². The summed E-state index contributed by atoms with van der Waals surface area (Å²) in [4.78, 5) is 23.0. The number of pyridine rings is 2. The lowest BCUT2D eigenvalue weighted by atomic mass is 9.98. The lowest BCUT2D eigenvalue weighted by molar-refractivity contribution is -0.139. The van der Waals surface area contributed by atoms with Gasteiger partial charge in [-0.2, -0.15) is 0 Å². The van der Waals surface area contributed by atoms with E-state index in [0.717, 1.165) is 55.1 Å². The van der Waals surface area contributed by atoms with Crippen LogP contribution in [0.25, 0.3) is 21.8 Å². The molecule has 6 nitrogen and oxygen atoms in total. The monoisotopic (exact) mass is 539 g/mol. The molecule has 3 heterocycles. The van der Waals surface area contributed by atoms with Crippen molar-refractivity contribution in [2.45, 2.75) is 56.3 Å². The topological polar surface area (TPSA) is 77.2 Å². The molecule has 7 heteroatoms. The summed E-state index contributed by atoms with van der Waals surface area (Å²) >= 11 is 1.69. The van der Waals surface area contributed by atoms with E-state index in [9.17, 15) is 9.90 Å². The molecule has 0 saturated carbocycles. The summed E-state index contributed by atoms with van der Waals surface area (Å²) in [5.74, 6) is -0.906. The average Bonchev–Trinajstić information content (AvgIpc) is 3.15. The highest BCUT2D eigenvalue weighted by Gasteiger charge is 2.31. The van der Waals surface area contributed by atoms with Crippen molar-refractivity contribution in [1.29, 1.82) is 0 Å². The number of carboxylic acids is 1. The Hall–Kier alpha value is -3.84. The van der Waals surface area contributed by atoms with Crippen LogP contribution in [-0.4, -0.2) is 30.4 Å². The Bertz CT molecular complexity index is 1650. The summed E-state index contributed by atoms with van der Waals surface area (Å²) in [6.45, 7) is 8.80. The van der Waals surface area contributed by atoms with Crippen LogP contribution in [0.4, 0.5) is 0 Å². The van der Waals surface area contributed by atoms with E-state index in [-0.39, 0.29) is 4.75 Å². The Labute approximate surface area is 233 Å². The van der Waals surface area contributed by atoms with Crippen LogP contribution in [0.3, 0.4) is 0 Å². The van der Waals surface area contributed by atoms with Gasteiger partial charge in [-0.05, 0) is 48.9 Å². The normalized spacial score (nSPS) is 12.6. The highest BCUT2D eigenvalue weighted by molar-refractivity contribution is 8.00. The van der Waals surface area contributed by atoms with Crippen molar-refractivity contribution < 1.29 is 14.6 Å². The summed E-state index contributed by atoms with van der Waals surface area (Å²) in [6.07, 6.45) is 2.13. The summed E-state index contributed by atoms with van der Waals surface area (Å²) in [7, 11) is 1.95. The van der Waals surface area contributed by atoms with Gasteiger partial charge in [0.2, 0.25) is 0 Å². The second kappa shape index (κ2) is 10.7. The van der Waals surface area contributed by atoms with E-state index >= 15 is 0 Å². The minimum Gasteiger partial charge on any atom is -0.487 e. The van der Waals surface area contributed by atoms with Gasteiger partial charge in [0.25, 0.3) is 0 Å². The molecule has 0 aliphatic carbocycles. The molecule has 0 aliphatic heterocycles. The molecule has 1 atom stereocenters. The molecule has 0 bridgehead atoms. The van der Waals surface area contributed by atoms with Crippen LogP contribution in [0, 0.1) is 6.92 Å². The number of rotatable bonds is 8. The van der Waals surface area contributed by atoms with E-state index in [2.05, 4.69) is 25.8 Å². The SMILES string of the molecule is Cc1ccc(COc2ccc3c(c2)c(SC(C)(C)C)c(C(Cc2ccc4ccccc4n2)C(=O)O)n3C)nc1. The second-order valence-corrected chi connectivity index (χ2v) is 12.7. The third kappa shape index (κ3) is 5.93. The van der Waals surface area contributed by atoms with Gasteiger partial charge in [-0.1, -0.05) is 51.1 Å². The first-order chi connectivity index (χ1) is 18.6. The van der Waals surface area contributed by atoms with E-state index in [1.165, 1.54) is 0 Å². The van der Waals surface area contributed by atoms with Gasteiger partial charge in [-0.25, -0.2) is 0 Å². The molecule has 1 N–H and O–H groups in total. The van der Waals surface area contributed by atoms with Crippen molar-refractivity contribution in [3.63, 3.8) is 0 Å². The number of aryl methyl sites for hydroxylation is 2. The number of ether oxygens (including phenoxy) is 1. The Morgan fingerprint density at radius 1 is 1.05 bits per heavy atom. The molecule has 0 radical (unpaired) electrons. The fourth-order valence-electron chi connectivity index (χ4n) is 4.78. The highest BCUT2D eigenvalue weighted by Crippen LogP contribution is 2.44. The van der Waals surface area contributed by atoms with Crippen LogP contribution in [0.2, 0.25) is 0 Å². The number of fused-ring (bicyclic) bond motifs is 2. The lowest BCUT2D eigenvalue weighted by Gasteiger charge is -2.21. The quantitative estimate of drug-likeness (QED) is 0.208. The minimum atomic E-state index is -0.867. The molecule has 200 valence electrons. The predicted octanol–water partition coefficient (Wildman–Crippen LogP) is 7.31. The van der Waals surface area contributed by atoms with E-state index in [1.54, 1.807) is 11.8 Å². The first-order valence-corrected chi connectivity index (χ1v) is 13.8. The maximum absolute atomic E-state index is 12.8. The Morgan fingerprint density at radius 3 is 2.54 bits per heavy atom. The first kappa shape index (κ1) is 26.8. The Kier molecular flexibility index (Phi) is 7.36. The third-order valence-electron chi connectivity index (χ3n) is 6.63. The van der Waals surface area contributed by atoms with Crippen LogP contribution >= 0.6 is 11.8 Å². The van der Waals surface area contributed by atoms with Crippen molar-refractivity contribution in [2.75, 3.05) is 0 Å². The predicted molar refractivity (Wildman–Crippen MR) is 158 cm³/mol. The largest absolute Gasteiger partial charge is 0.487 e. The number of aromatic nitrogens is 3. The maximum atomic E-state index is 12.8. The van der Waals surface area contributed by atoms with Crippen molar-refractivity contribution >= 4 is 39.5 Å². The number of nitrogens with zero attached hydrogens (tertiary/aromatic N) is 3. The summed E-state index contributed by atoms with van der Waals surface area (Å²) in [5.41, 5.74) is 5.33. The summed E-state index contributed by atoms with van der Waals surface area (Å²) in [6, 6.07) is 21.8. The number of carbonyl (C=O) groups is 1. The molecule has 0 amide bonds. The third-order valence-corrected chi connectivity index (χ3v) is 7.88. The summed E-state index contributed by atoms with van der Waals surface area (Å²) in [5, 5.41) is 12.5. The zero-order valence-electron chi connectivity index (χ0n) is 22.9. The lowest BCUT2D eigenvalue weighted by Crippen LogP contribution is -2.19. The smallest absolute Gasteiger partial charge is 0.312 e. The molecular formula is C32H33N3O3S. The number of carboxylic acid groups (broad SMARTS) is 1. The van der Waals surface area contributed by atoms with Crippen LogP contribution in [-0.2, 0) is 24.9 Å². The maximum Gasteiger partial charge on any atom is 0.312 e.